The summed E-state index contributed by atoms with van der Waals surface area (Å²) in [4.78, 5) is 14.4. The maximum absolute atomic E-state index is 10.7. The minimum absolute atomic E-state index is 0.0106. The molecule has 0 aliphatic carbocycles. The number of rotatable bonds is 6. The standard InChI is InChI=1S/C14H15N3O4/c1-20-13-7-11(17(18)19)4-5-12(13)15-8-10-3-6-14(21-2)16-9-10/h3-7,9,15H,8H2,1-2H3. The van der Waals surface area contributed by atoms with Crippen LogP contribution in [0.4, 0.5) is 11.4 Å². The normalized spacial score (nSPS) is 10.0. The number of nitro groups is 1. The van der Waals surface area contributed by atoms with Gasteiger partial charge in [-0.15, -0.1) is 0 Å². The summed E-state index contributed by atoms with van der Waals surface area (Å²) < 4.78 is 10.1. The van der Waals surface area contributed by atoms with Crippen molar-refractivity contribution in [2.24, 2.45) is 0 Å². The van der Waals surface area contributed by atoms with Crippen molar-refractivity contribution in [1.29, 1.82) is 0 Å². The largest absolute Gasteiger partial charge is 0.494 e. The van der Waals surface area contributed by atoms with Gasteiger partial charge in [-0.25, -0.2) is 4.98 Å². The lowest BCUT2D eigenvalue weighted by molar-refractivity contribution is -0.384. The van der Waals surface area contributed by atoms with Gasteiger partial charge >= 0.3 is 0 Å². The molecule has 110 valence electrons. The van der Waals surface area contributed by atoms with Crippen LogP contribution in [-0.2, 0) is 6.54 Å². The Kier molecular flexibility index (Phi) is 4.55. The first-order valence-electron chi connectivity index (χ1n) is 6.19. The van der Waals surface area contributed by atoms with Gasteiger partial charge in [0.1, 0.15) is 5.75 Å². The Bertz CT molecular complexity index is 629. The molecule has 0 spiro atoms. The molecule has 0 radical (unpaired) electrons. The van der Waals surface area contributed by atoms with Crippen LogP contribution in [0.3, 0.4) is 0 Å². The van der Waals surface area contributed by atoms with E-state index in [4.69, 9.17) is 9.47 Å². The number of nitrogens with zero attached hydrogens (tertiary/aromatic N) is 2. The molecule has 1 heterocycles. The number of methoxy groups -OCH3 is 2. The van der Waals surface area contributed by atoms with Gasteiger partial charge in [0.15, 0.2) is 0 Å². The van der Waals surface area contributed by atoms with Crippen molar-refractivity contribution in [2.45, 2.75) is 6.54 Å². The summed E-state index contributed by atoms with van der Waals surface area (Å²) in [5.74, 6) is 0.970. The van der Waals surface area contributed by atoms with Gasteiger partial charge in [0.25, 0.3) is 5.69 Å². The minimum atomic E-state index is -0.459. The van der Waals surface area contributed by atoms with E-state index in [0.29, 0.717) is 23.9 Å². The summed E-state index contributed by atoms with van der Waals surface area (Å²) in [7, 11) is 3.03. The Balaban J connectivity index is 2.09. The first-order valence-corrected chi connectivity index (χ1v) is 6.19. The number of anilines is 1. The highest BCUT2D eigenvalue weighted by Crippen LogP contribution is 2.29. The second-order valence-electron chi connectivity index (χ2n) is 4.20. The molecule has 0 amide bonds. The zero-order valence-electron chi connectivity index (χ0n) is 11.7. The number of nitro benzene ring substituents is 1. The maximum atomic E-state index is 10.7. The summed E-state index contributed by atoms with van der Waals surface area (Å²) in [5, 5.41) is 13.9. The topological polar surface area (TPSA) is 86.5 Å². The second kappa shape index (κ2) is 6.56. The Labute approximate surface area is 121 Å². The number of nitrogens with one attached hydrogen (secondary N) is 1. The average molecular weight is 289 g/mol. The first kappa shape index (κ1) is 14.6. The van der Waals surface area contributed by atoms with E-state index in [-0.39, 0.29) is 5.69 Å². The summed E-state index contributed by atoms with van der Waals surface area (Å²) >= 11 is 0. The van der Waals surface area contributed by atoms with Crippen LogP contribution in [0.25, 0.3) is 0 Å². The molecular formula is C14H15N3O4. The van der Waals surface area contributed by atoms with Crippen LogP contribution in [0.15, 0.2) is 36.5 Å². The summed E-state index contributed by atoms with van der Waals surface area (Å²) in [6.07, 6.45) is 1.70. The Morgan fingerprint density at radius 1 is 1.24 bits per heavy atom. The molecule has 0 saturated carbocycles. The van der Waals surface area contributed by atoms with Crippen molar-refractivity contribution in [2.75, 3.05) is 19.5 Å². The molecule has 1 aromatic heterocycles. The van der Waals surface area contributed by atoms with E-state index < -0.39 is 4.92 Å². The number of hydrogen-bond donors (Lipinski definition) is 1. The van der Waals surface area contributed by atoms with Crippen molar-refractivity contribution in [1.82, 2.24) is 4.98 Å². The third-order valence-corrected chi connectivity index (χ3v) is 2.89. The van der Waals surface area contributed by atoms with Crippen LogP contribution >= 0.6 is 0 Å². The third kappa shape index (κ3) is 3.59. The zero-order chi connectivity index (χ0) is 15.2. The first-order chi connectivity index (χ1) is 10.1. The van der Waals surface area contributed by atoms with Crippen LogP contribution in [0.1, 0.15) is 5.56 Å². The highest BCUT2D eigenvalue weighted by Gasteiger charge is 2.11. The smallest absolute Gasteiger partial charge is 0.273 e. The van der Waals surface area contributed by atoms with E-state index in [1.165, 1.54) is 19.2 Å². The fourth-order valence-corrected chi connectivity index (χ4v) is 1.77. The SMILES string of the molecule is COc1ccc(CNc2ccc([N+](=O)[O-])cc2OC)cn1. The number of non-ortho nitro benzene ring substituents is 1. The molecule has 0 fully saturated rings. The molecule has 1 N–H and O–H groups in total. The third-order valence-electron chi connectivity index (χ3n) is 2.89. The Morgan fingerprint density at radius 3 is 2.62 bits per heavy atom. The van der Waals surface area contributed by atoms with E-state index in [2.05, 4.69) is 10.3 Å². The predicted octanol–water partition coefficient (Wildman–Crippen LogP) is 2.62. The lowest BCUT2D eigenvalue weighted by atomic mass is 10.2. The van der Waals surface area contributed by atoms with Crippen LogP contribution in [0.2, 0.25) is 0 Å². The predicted molar refractivity (Wildman–Crippen MR) is 77.8 cm³/mol. The van der Waals surface area contributed by atoms with Crippen LogP contribution in [0.5, 0.6) is 11.6 Å². The molecule has 0 saturated heterocycles. The van der Waals surface area contributed by atoms with E-state index in [1.54, 1.807) is 25.4 Å². The fourth-order valence-electron chi connectivity index (χ4n) is 1.77. The molecule has 0 unspecified atom stereocenters. The van der Waals surface area contributed by atoms with Crippen molar-refractivity contribution in [3.63, 3.8) is 0 Å². The summed E-state index contributed by atoms with van der Waals surface area (Å²) in [6.45, 7) is 0.519. The zero-order valence-corrected chi connectivity index (χ0v) is 11.7. The molecule has 2 rings (SSSR count). The van der Waals surface area contributed by atoms with Gasteiger partial charge in [0.05, 0.1) is 30.9 Å². The molecule has 0 bridgehead atoms. The monoisotopic (exact) mass is 289 g/mol. The number of pyridine rings is 1. The van der Waals surface area contributed by atoms with Crippen molar-refractivity contribution in [3.8, 4) is 11.6 Å². The van der Waals surface area contributed by atoms with Crippen molar-refractivity contribution >= 4 is 11.4 Å². The quantitative estimate of drug-likeness (QED) is 0.649. The molecule has 7 nitrogen and oxygen atoms in total. The molecule has 0 aliphatic heterocycles. The maximum Gasteiger partial charge on any atom is 0.273 e. The second-order valence-corrected chi connectivity index (χ2v) is 4.20. The van der Waals surface area contributed by atoms with E-state index in [1.807, 2.05) is 6.07 Å². The molecule has 7 heteroatoms. The highest BCUT2D eigenvalue weighted by atomic mass is 16.6. The van der Waals surface area contributed by atoms with Crippen LogP contribution in [-0.4, -0.2) is 24.1 Å². The van der Waals surface area contributed by atoms with Crippen LogP contribution in [0, 0.1) is 10.1 Å². The van der Waals surface area contributed by atoms with Gasteiger partial charge < -0.3 is 14.8 Å². The lowest BCUT2D eigenvalue weighted by Gasteiger charge is -2.11. The number of benzene rings is 1. The minimum Gasteiger partial charge on any atom is -0.494 e. The highest BCUT2D eigenvalue weighted by molar-refractivity contribution is 5.60. The van der Waals surface area contributed by atoms with Gasteiger partial charge in [-0.05, 0) is 11.6 Å². The summed E-state index contributed by atoms with van der Waals surface area (Å²) in [6, 6.07) is 8.08. The fraction of sp³-hybridized carbons (Fsp3) is 0.214. The van der Waals surface area contributed by atoms with Gasteiger partial charge in [-0.1, -0.05) is 6.07 Å². The average Bonchev–Trinajstić information content (AvgIpc) is 2.53. The molecule has 0 atom stereocenters. The van der Waals surface area contributed by atoms with Gasteiger partial charge in [0.2, 0.25) is 5.88 Å². The van der Waals surface area contributed by atoms with Gasteiger partial charge in [-0.3, -0.25) is 10.1 Å². The lowest BCUT2D eigenvalue weighted by Crippen LogP contribution is -2.02. The Hall–Kier alpha value is -2.83. The van der Waals surface area contributed by atoms with Crippen LogP contribution < -0.4 is 14.8 Å². The van der Waals surface area contributed by atoms with Crippen molar-refractivity contribution in [3.05, 3.63) is 52.2 Å². The van der Waals surface area contributed by atoms with Gasteiger partial charge in [-0.2, -0.15) is 0 Å². The molecule has 2 aromatic rings. The Morgan fingerprint density at radius 2 is 2.05 bits per heavy atom. The molecule has 21 heavy (non-hydrogen) atoms. The van der Waals surface area contributed by atoms with E-state index >= 15 is 0 Å². The number of hydrogen-bond acceptors (Lipinski definition) is 6. The van der Waals surface area contributed by atoms with E-state index in [9.17, 15) is 10.1 Å². The van der Waals surface area contributed by atoms with E-state index in [0.717, 1.165) is 5.56 Å². The molecule has 0 aliphatic rings. The number of aromatic nitrogens is 1. The molecule has 1 aromatic carbocycles. The number of ether oxygens (including phenoxy) is 2. The van der Waals surface area contributed by atoms with Gasteiger partial charge in [0, 0.05) is 24.9 Å². The molecular weight excluding hydrogens is 274 g/mol. The van der Waals surface area contributed by atoms with Crippen molar-refractivity contribution < 1.29 is 14.4 Å². The summed E-state index contributed by atoms with van der Waals surface area (Å²) in [5.41, 5.74) is 1.62.